The minimum atomic E-state index is -0.963. The zero-order valence-electron chi connectivity index (χ0n) is 11.2. The summed E-state index contributed by atoms with van der Waals surface area (Å²) in [5.41, 5.74) is 1.90. The molecule has 0 saturated carbocycles. The maximum Gasteiger partial charge on any atom is 0.335 e. The van der Waals surface area contributed by atoms with Crippen molar-refractivity contribution < 1.29 is 14.7 Å². The van der Waals surface area contributed by atoms with E-state index in [0.29, 0.717) is 13.0 Å². The van der Waals surface area contributed by atoms with E-state index >= 15 is 0 Å². The first-order valence-corrected chi connectivity index (χ1v) is 6.30. The molecular formula is C14H18N2O3. The summed E-state index contributed by atoms with van der Waals surface area (Å²) in [6, 6.07) is 4.89. The molecule has 5 nitrogen and oxygen atoms in total. The number of rotatable bonds is 5. The Bertz CT molecular complexity index is 511. The SMILES string of the molecule is CN(C)CCCN1C(=O)Cc2ccc(C(=O)O)cc21. The average Bonchev–Trinajstić information content (AvgIpc) is 2.64. The Balaban J connectivity index is 2.16. The number of carboxylic acid groups (broad SMARTS) is 1. The highest BCUT2D eigenvalue weighted by Crippen LogP contribution is 2.30. The van der Waals surface area contributed by atoms with Gasteiger partial charge in [0.15, 0.2) is 0 Å². The average molecular weight is 262 g/mol. The van der Waals surface area contributed by atoms with Gasteiger partial charge >= 0.3 is 5.97 Å². The molecule has 1 aliphatic rings. The van der Waals surface area contributed by atoms with Gasteiger partial charge in [-0.25, -0.2) is 4.79 Å². The van der Waals surface area contributed by atoms with E-state index in [9.17, 15) is 9.59 Å². The highest BCUT2D eigenvalue weighted by Gasteiger charge is 2.27. The van der Waals surface area contributed by atoms with Crippen molar-refractivity contribution in [2.75, 3.05) is 32.1 Å². The number of aromatic carboxylic acids is 1. The third-order valence-corrected chi connectivity index (χ3v) is 3.25. The van der Waals surface area contributed by atoms with Crippen LogP contribution in [0.2, 0.25) is 0 Å². The van der Waals surface area contributed by atoms with Crippen LogP contribution in [0.1, 0.15) is 22.3 Å². The summed E-state index contributed by atoms with van der Waals surface area (Å²) in [6.45, 7) is 1.53. The fraction of sp³-hybridized carbons (Fsp3) is 0.429. The van der Waals surface area contributed by atoms with Crippen LogP contribution in [0.25, 0.3) is 0 Å². The van der Waals surface area contributed by atoms with Crippen molar-refractivity contribution >= 4 is 17.6 Å². The van der Waals surface area contributed by atoms with Crippen LogP contribution in [-0.2, 0) is 11.2 Å². The van der Waals surface area contributed by atoms with Crippen LogP contribution in [0.5, 0.6) is 0 Å². The quantitative estimate of drug-likeness (QED) is 0.867. The lowest BCUT2D eigenvalue weighted by Crippen LogP contribution is -2.30. The van der Waals surface area contributed by atoms with Gasteiger partial charge in [0.05, 0.1) is 12.0 Å². The molecule has 1 aromatic carbocycles. The molecule has 2 rings (SSSR count). The fourth-order valence-corrected chi connectivity index (χ4v) is 2.28. The Hall–Kier alpha value is -1.88. The smallest absolute Gasteiger partial charge is 0.335 e. The molecule has 5 heteroatoms. The molecule has 102 valence electrons. The van der Waals surface area contributed by atoms with E-state index in [4.69, 9.17) is 5.11 Å². The Morgan fingerprint density at radius 1 is 1.42 bits per heavy atom. The van der Waals surface area contributed by atoms with Crippen molar-refractivity contribution in [1.29, 1.82) is 0 Å². The standard InChI is InChI=1S/C14H18N2O3/c1-15(2)6-3-7-16-12-8-11(14(18)19)5-4-10(12)9-13(16)17/h4-5,8H,3,6-7,9H2,1-2H3,(H,18,19). The molecule has 1 amide bonds. The van der Waals surface area contributed by atoms with Crippen LogP contribution in [0.4, 0.5) is 5.69 Å². The van der Waals surface area contributed by atoms with Crippen LogP contribution < -0.4 is 4.90 Å². The molecule has 0 unspecified atom stereocenters. The van der Waals surface area contributed by atoms with Crippen LogP contribution >= 0.6 is 0 Å². The van der Waals surface area contributed by atoms with Crippen LogP contribution in [0, 0.1) is 0 Å². The zero-order valence-corrected chi connectivity index (χ0v) is 11.2. The molecular weight excluding hydrogens is 244 g/mol. The van der Waals surface area contributed by atoms with Crippen molar-refractivity contribution in [3.63, 3.8) is 0 Å². The molecule has 1 aliphatic heterocycles. The predicted molar refractivity (Wildman–Crippen MR) is 72.6 cm³/mol. The van der Waals surface area contributed by atoms with E-state index in [2.05, 4.69) is 4.90 Å². The van der Waals surface area contributed by atoms with Gasteiger partial charge in [0, 0.05) is 12.2 Å². The van der Waals surface area contributed by atoms with Crippen LogP contribution in [-0.4, -0.2) is 49.1 Å². The topological polar surface area (TPSA) is 60.9 Å². The van der Waals surface area contributed by atoms with E-state index in [0.717, 1.165) is 24.2 Å². The summed E-state index contributed by atoms with van der Waals surface area (Å²) in [5, 5.41) is 9.01. The molecule has 1 heterocycles. The molecule has 0 aromatic heterocycles. The number of fused-ring (bicyclic) bond motifs is 1. The number of hydrogen-bond donors (Lipinski definition) is 1. The summed E-state index contributed by atoms with van der Waals surface area (Å²) in [7, 11) is 3.98. The predicted octanol–water partition coefficient (Wildman–Crippen LogP) is 1.23. The Kier molecular flexibility index (Phi) is 3.85. The highest BCUT2D eigenvalue weighted by molar-refractivity contribution is 6.03. The Morgan fingerprint density at radius 3 is 2.79 bits per heavy atom. The third kappa shape index (κ3) is 2.93. The third-order valence-electron chi connectivity index (χ3n) is 3.25. The van der Waals surface area contributed by atoms with E-state index < -0.39 is 5.97 Å². The first-order chi connectivity index (χ1) is 8.99. The molecule has 1 N–H and O–H groups in total. The van der Waals surface area contributed by atoms with E-state index in [-0.39, 0.29) is 11.5 Å². The van der Waals surface area contributed by atoms with Gasteiger partial charge in [-0.2, -0.15) is 0 Å². The molecule has 0 aliphatic carbocycles. The number of amides is 1. The minimum absolute atomic E-state index is 0.0521. The maximum atomic E-state index is 12.0. The molecule has 0 saturated heterocycles. The van der Waals surface area contributed by atoms with E-state index in [1.165, 1.54) is 0 Å². The summed E-state index contributed by atoms with van der Waals surface area (Å²) in [5.74, 6) is -0.910. The van der Waals surface area contributed by atoms with Crippen molar-refractivity contribution in [2.24, 2.45) is 0 Å². The molecule has 0 radical (unpaired) electrons. The monoisotopic (exact) mass is 262 g/mol. The molecule has 1 aromatic rings. The van der Waals surface area contributed by atoms with Gasteiger partial charge in [-0.3, -0.25) is 4.79 Å². The zero-order chi connectivity index (χ0) is 14.0. The molecule has 0 fully saturated rings. The van der Waals surface area contributed by atoms with Gasteiger partial charge in [0.1, 0.15) is 0 Å². The van der Waals surface area contributed by atoms with Gasteiger partial charge in [-0.1, -0.05) is 6.07 Å². The first kappa shape index (κ1) is 13.5. The number of anilines is 1. The summed E-state index contributed by atoms with van der Waals surface area (Å²) in [4.78, 5) is 26.7. The normalized spacial score (nSPS) is 14.1. The minimum Gasteiger partial charge on any atom is -0.478 e. The lowest BCUT2D eigenvalue weighted by molar-refractivity contribution is -0.117. The van der Waals surface area contributed by atoms with Gasteiger partial charge in [0.25, 0.3) is 0 Å². The lowest BCUT2D eigenvalue weighted by Gasteiger charge is -2.19. The first-order valence-electron chi connectivity index (χ1n) is 6.30. The summed E-state index contributed by atoms with van der Waals surface area (Å²) in [6.07, 6.45) is 1.24. The fourth-order valence-electron chi connectivity index (χ4n) is 2.28. The second kappa shape index (κ2) is 5.40. The number of nitrogens with zero attached hydrogens (tertiary/aromatic N) is 2. The number of benzene rings is 1. The van der Waals surface area contributed by atoms with Crippen LogP contribution in [0.15, 0.2) is 18.2 Å². The molecule has 0 atom stereocenters. The second-order valence-corrected chi connectivity index (χ2v) is 5.03. The second-order valence-electron chi connectivity index (χ2n) is 5.03. The van der Waals surface area contributed by atoms with Gasteiger partial charge in [-0.05, 0) is 44.8 Å². The van der Waals surface area contributed by atoms with Crippen molar-refractivity contribution in [3.8, 4) is 0 Å². The largest absolute Gasteiger partial charge is 0.478 e. The summed E-state index contributed by atoms with van der Waals surface area (Å²) < 4.78 is 0. The highest BCUT2D eigenvalue weighted by atomic mass is 16.4. The molecule has 0 bridgehead atoms. The molecule has 19 heavy (non-hydrogen) atoms. The van der Waals surface area contributed by atoms with Gasteiger partial charge in [-0.15, -0.1) is 0 Å². The Morgan fingerprint density at radius 2 is 2.16 bits per heavy atom. The van der Waals surface area contributed by atoms with Gasteiger partial charge < -0.3 is 14.9 Å². The van der Waals surface area contributed by atoms with Gasteiger partial charge in [0.2, 0.25) is 5.91 Å². The summed E-state index contributed by atoms with van der Waals surface area (Å²) >= 11 is 0. The van der Waals surface area contributed by atoms with E-state index in [1.807, 2.05) is 14.1 Å². The number of carbonyl (C=O) groups is 2. The van der Waals surface area contributed by atoms with E-state index in [1.54, 1.807) is 23.1 Å². The molecule has 0 spiro atoms. The maximum absolute atomic E-state index is 12.0. The number of hydrogen-bond acceptors (Lipinski definition) is 3. The number of carboxylic acids is 1. The van der Waals surface area contributed by atoms with Crippen molar-refractivity contribution in [3.05, 3.63) is 29.3 Å². The van der Waals surface area contributed by atoms with Crippen molar-refractivity contribution in [2.45, 2.75) is 12.8 Å². The lowest BCUT2D eigenvalue weighted by atomic mass is 10.1. The number of carbonyl (C=O) groups excluding carboxylic acids is 1. The van der Waals surface area contributed by atoms with Crippen molar-refractivity contribution in [1.82, 2.24) is 4.90 Å². The van der Waals surface area contributed by atoms with Crippen LogP contribution in [0.3, 0.4) is 0 Å². The Labute approximate surface area is 112 Å².